The second-order valence-corrected chi connectivity index (χ2v) is 6.12. The number of nitrogens with one attached hydrogen (secondary N) is 1. The van der Waals surface area contributed by atoms with Crippen LogP contribution in [-0.2, 0) is 6.42 Å². The molecule has 0 aromatic heterocycles. The average Bonchev–Trinajstić information content (AvgIpc) is 2.19. The monoisotopic (exact) mass is 281 g/mol. The van der Waals surface area contributed by atoms with Gasteiger partial charge in [-0.05, 0) is 49.3 Å². The van der Waals surface area contributed by atoms with Gasteiger partial charge in [-0.15, -0.1) is 0 Å². The first-order chi connectivity index (χ1) is 7.56. The van der Waals surface area contributed by atoms with E-state index in [2.05, 4.69) is 54.2 Å². The maximum atomic E-state index is 3.67. The van der Waals surface area contributed by atoms with E-state index in [1.165, 1.54) is 40.5 Å². The molecule has 16 heavy (non-hydrogen) atoms. The Morgan fingerprint density at radius 2 is 2.19 bits per heavy atom. The topological polar surface area (TPSA) is 12.0 Å². The molecule has 0 fully saturated rings. The molecule has 1 aliphatic heterocycles. The van der Waals surface area contributed by atoms with Crippen LogP contribution >= 0.6 is 15.9 Å². The molecule has 1 aromatic rings. The third kappa shape index (κ3) is 2.60. The van der Waals surface area contributed by atoms with E-state index in [0.29, 0.717) is 6.04 Å². The Morgan fingerprint density at radius 3 is 2.88 bits per heavy atom. The van der Waals surface area contributed by atoms with Gasteiger partial charge >= 0.3 is 0 Å². The van der Waals surface area contributed by atoms with Crippen LogP contribution in [0.2, 0.25) is 0 Å². The van der Waals surface area contributed by atoms with E-state index >= 15 is 0 Å². The van der Waals surface area contributed by atoms with Crippen LogP contribution < -0.4 is 5.32 Å². The summed E-state index contributed by atoms with van der Waals surface area (Å²) in [6.07, 6.45) is 3.75. The molecule has 1 unspecified atom stereocenters. The summed E-state index contributed by atoms with van der Waals surface area (Å²) in [5, 5.41) is 3.67. The molecule has 0 saturated carbocycles. The van der Waals surface area contributed by atoms with Crippen molar-refractivity contribution in [3.8, 4) is 0 Å². The van der Waals surface area contributed by atoms with Crippen LogP contribution in [0, 0.1) is 12.8 Å². The maximum absolute atomic E-state index is 3.67. The molecule has 2 heteroatoms. The first-order valence-corrected chi connectivity index (χ1v) is 6.91. The second kappa shape index (κ2) is 4.79. The van der Waals surface area contributed by atoms with Crippen LogP contribution in [0.25, 0.3) is 0 Å². The Balaban J connectivity index is 2.17. The van der Waals surface area contributed by atoms with E-state index in [4.69, 9.17) is 0 Å². The fourth-order valence-electron chi connectivity index (χ4n) is 2.45. The van der Waals surface area contributed by atoms with Gasteiger partial charge in [0.2, 0.25) is 0 Å². The van der Waals surface area contributed by atoms with Gasteiger partial charge in [0.1, 0.15) is 0 Å². The number of fused-ring (bicyclic) bond motifs is 1. The van der Waals surface area contributed by atoms with Gasteiger partial charge in [0.25, 0.3) is 0 Å². The van der Waals surface area contributed by atoms with Gasteiger partial charge in [-0.25, -0.2) is 0 Å². The molecular weight excluding hydrogens is 262 g/mol. The summed E-state index contributed by atoms with van der Waals surface area (Å²) in [7, 11) is 0. The predicted molar refractivity (Wildman–Crippen MR) is 74.1 cm³/mol. The quantitative estimate of drug-likeness (QED) is 0.840. The molecule has 1 aromatic carbocycles. The number of anilines is 1. The van der Waals surface area contributed by atoms with Crippen molar-refractivity contribution in [1.29, 1.82) is 0 Å². The van der Waals surface area contributed by atoms with E-state index in [-0.39, 0.29) is 0 Å². The Bertz CT molecular complexity index is 385. The zero-order valence-electron chi connectivity index (χ0n) is 10.3. The fraction of sp³-hybridized carbons (Fsp3) is 0.571. The minimum absolute atomic E-state index is 0.655. The van der Waals surface area contributed by atoms with Gasteiger partial charge in [0, 0.05) is 16.2 Å². The summed E-state index contributed by atoms with van der Waals surface area (Å²) in [5.74, 6) is 0.771. The third-order valence-corrected chi connectivity index (χ3v) is 4.12. The zero-order chi connectivity index (χ0) is 11.7. The molecule has 0 radical (unpaired) electrons. The lowest BCUT2D eigenvalue weighted by Gasteiger charge is -2.29. The molecular formula is C14H20BrN. The SMILES string of the molecule is Cc1cc2c(cc1Br)NC(CC(C)C)CC2. The van der Waals surface area contributed by atoms with E-state index in [1.54, 1.807) is 0 Å². The van der Waals surface area contributed by atoms with Crippen molar-refractivity contribution in [2.75, 3.05) is 5.32 Å². The number of hydrogen-bond donors (Lipinski definition) is 1. The van der Waals surface area contributed by atoms with Crippen molar-refractivity contribution in [1.82, 2.24) is 0 Å². The molecule has 1 nitrogen and oxygen atoms in total. The first-order valence-electron chi connectivity index (χ1n) is 6.12. The third-order valence-electron chi connectivity index (χ3n) is 3.26. The van der Waals surface area contributed by atoms with Crippen molar-refractivity contribution in [3.05, 3.63) is 27.7 Å². The molecule has 1 heterocycles. The standard InChI is InChI=1S/C14H20BrN/c1-9(2)6-12-5-4-11-7-10(3)13(15)8-14(11)16-12/h7-9,12,16H,4-6H2,1-3H3. The summed E-state index contributed by atoms with van der Waals surface area (Å²) in [4.78, 5) is 0. The zero-order valence-corrected chi connectivity index (χ0v) is 11.9. The molecule has 0 amide bonds. The molecule has 0 aliphatic carbocycles. The number of hydrogen-bond acceptors (Lipinski definition) is 1. The van der Waals surface area contributed by atoms with E-state index in [0.717, 1.165) is 5.92 Å². The lowest BCUT2D eigenvalue weighted by Crippen LogP contribution is -2.26. The van der Waals surface area contributed by atoms with Crippen LogP contribution in [0.4, 0.5) is 5.69 Å². The molecule has 0 spiro atoms. The lowest BCUT2D eigenvalue weighted by atomic mass is 9.92. The predicted octanol–water partition coefficient (Wildman–Crippen LogP) is 4.53. The van der Waals surface area contributed by atoms with Gasteiger partial charge < -0.3 is 5.32 Å². The van der Waals surface area contributed by atoms with Gasteiger partial charge in [-0.3, -0.25) is 0 Å². The van der Waals surface area contributed by atoms with Crippen molar-refractivity contribution in [2.45, 2.75) is 46.1 Å². The Labute approximate surface area is 107 Å². The largest absolute Gasteiger partial charge is 0.382 e. The van der Waals surface area contributed by atoms with Crippen LogP contribution in [0.1, 0.15) is 37.8 Å². The summed E-state index contributed by atoms with van der Waals surface area (Å²) >= 11 is 3.61. The molecule has 1 N–H and O–H groups in total. The second-order valence-electron chi connectivity index (χ2n) is 5.27. The summed E-state index contributed by atoms with van der Waals surface area (Å²) in [6.45, 7) is 6.75. The van der Waals surface area contributed by atoms with Crippen LogP contribution in [0.3, 0.4) is 0 Å². The minimum Gasteiger partial charge on any atom is -0.382 e. The van der Waals surface area contributed by atoms with Crippen LogP contribution in [0.15, 0.2) is 16.6 Å². The Hall–Kier alpha value is -0.500. The lowest BCUT2D eigenvalue weighted by molar-refractivity contribution is 0.487. The van der Waals surface area contributed by atoms with E-state index < -0.39 is 0 Å². The fourth-order valence-corrected chi connectivity index (χ4v) is 2.79. The van der Waals surface area contributed by atoms with Crippen molar-refractivity contribution in [2.24, 2.45) is 5.92 Å². The summed E-state index contributed by atoms with van der Waals surface area (Å²) in [6, 6.07) is 5.19. The highest BCUT2D eigenvalue weighted by Crippen LogP contribution is 2.31. The molecule has 0 saturated heterocycles. The Kier molecular flexibility index (Phi) is 3.58. The summed E-state index contributed by atoms with van der Waals surface area (Å²) < 4.78 is 1.21. The van der Waals surface area contributed by atoms with Crippen molar-refractivity contribution < 1.29 is 0 Å². The van der Waals surface area contributed by atoms with E-state index in [9.17, 15) is 0 Å². The highest BCUT2D eigenvalue weighted by molar-refractivity contribution is 9.10. The highest BCUT2D eigenvalue weighted by atomic mass is 79.9. The minimum atomic E-state index is 0.655. The smallest absolute Gasteiger partial charge is 0.0386 e. The van der Waals surface area contributed by atoms with Gasteiger partial charge in [0.15, 0.2) is 0 Å². The normalized spacial score (nSPS) is 19.4. The van der Waals surface area contributed by atoms with Crippen molar-refractivity contribution in [3.63, 3.8) is 0 Å². The van der Waals surface area contributed by atoms with Gasteiger partial charge in [-0.2, -0.15) is 0 Å². The van der Waals surface area contributed by atoms with Gasteiger partial charge in [-0.1, -0.05) is 35.8 Å². The number of halogens is 1. The van der Waals surface area contributed by atoms with E-state index in [1.807, 2.05) is 0 Å². The number of aryl methyl sites for hydroxylation is 2. The molecule has 88 valence electrons. The van der Waals surface area contributed by atoms with Crippen LogP contribution in [0.5, 0.6) is 0 Å². The van der Waals surface area contributed by atoms with Crippen LogP contribution in [-0.4, -0.2) is 6.04 Å². The van der Waals surface area contributed by atoms with Gasteiger partial charge in [0.05, 0.1) is 0 Å². The molecule has 1 atom stereocenters. The first kappa shape index (κ1) is 12.0. The summed E-state index contributed by atoms with van der Waals surface area (Å²) in [5.41, 5.74) is 4.14. The molecule has 2 rings (SSSR count). The Morgan fingerprint density at radius 1 is 1.44 bits per heavy atom. The highest BCUT2D eigenvalue weighted by Gasteiger charge is 2.19. The van der Waals surface area contributed by atoms with Crippen molar-refractivity contribution >= 4 is 21.6 Å². The average molecular weight is 282 g/mol. The molecule has 0 bridgehead atoms. The molecule has 1 aliphatic rings. The number of benzene rings is 1. The number of rotatable bonds is 2. The maximum Gasteiger partial charge on any atom is 0.0386 e.